The van der Waals surface area contributed by atoms with E-state index in [1.54, 1.807) is 0 Å². The van der Waals surface area contributed by atoms with Gasteiger partial charge < -0.3 is 4.57 Å². The van der Waals surface area contributed by atoms with Crippen LogP contribution in [0.1, 0.15) is 11.1 Å². The van der Waals surface area contributed by atoms with E-state index < -0.39 is 0 Å². The lowest BCUT2D eigenvalue weighted by Gasteiger charge is -2.34. The Morgan fingerprint density at radius 3 is 2.03 bits per heavy atom. The van der Waals surface area contributed by atoms with Gasteiger partial charge in [0.2, 0.25) is 0 Å². The molecule has 7 nitrogen and oxygen atoms in total. The summed E-state index contributed by atoms with van der Waals surface area (Å²) >= 11 is 0. The SMILES string of the molecule is C=C/C=C\c1c(C)cc(-c2ccccc2)c2c1c1nccc3c1n2-c1cc(-c2ccccn2)cc2c1B3c1ccnc3c4c5cccnc5n(-c5ccccc5)c4n-2c13. The number of para-hydroxylation sites is 1. The van der Waals surface area contributed by atoms with Crippen LogP contribution in [-0.4, -0.2) is 40.3 Å². The molecule has 274 valence electrons. The Hall–Kier alpha value is -7.84. The van der Waals surface area contributed by atoms with Crippen molar-refractivity contribution in [3.8, 4) is 39.4 Å². The molecule has 9 heterocycles. The van der Waals surface area contributed by atoms with Crippen molar-refractivity contribution in [3.05, 3.63) is 176 Å². The van der Waals surface area contributed by atoms with Gasteiger partial charge in [0, 0.05) is 63.7 Å². The molecule has 13 rings (SSSR count). The van der Waals surface area contributed by atoms with Crippen molar-refractivity contribution in [1.29, 1.82) is 0 Å². The molecule has 0 bridgehead atoms. The summed E-state index contributed by atoms with van der Waals surface area (Å²) in [5, 5.41) is 3.30. The van der Waals surface area contributed by atoms with Gasteiger partial charge in [-0.05, 0) is 107 Å². The monoisotopic (exact) mass is 753 g/mol. The number of hydrogen-bond acceptors (Lipinski definition) is 4. The van der Waals surface area contributed by atoms with E-state index in [9.17, 15) is 0 Å². The molecule has 0 saturated carbocycles. The molecule has 7 aromatic heterocycles. The summed E-state index contributed by atoms with van der Waals surface area (Å²) in [6, 6.07) is 43.2. The van der Waals surface area contributed by atoms with Gasteiger partial charge in [-0.2, -0.15) is 0 Å². The summed E-state index contributed by atoms with van der Waals surface area (Å²) in [6.07, 6.45) is 13.8. The Kier molecular flexibility index (Phi) is 6.48. The number of pyridine rings is 4. The van der Waals surface area contributed by atoms with Crippen LogP contribution in [0.15, 0.2) is 165 Å². The van der Waals surface area contributed by atoms with Gasteiger partial charge in [0.25, 0.3) is 6.71 Å². The van der Waals surface area contributed by atoms with E-state index in [1.807, 2.05) is 49.1 Å². The maximum absolute atomic E-state index is 5.26. The van der Waals surface area contributed by atoms with Gasteiger partial charge in [0.1, 0.15) is 11.3 Å². The van der Waals surface area contributed by atoms with E-state index in [0.717, 1.165) is 100 Å². The Morgan fingerprint density at radius 1 is 0.593 bits per heavy atom. The zero-order chi connectivity index (χ0) is 38.9. The number of nitrogens with zero attached hydrogens (tertiary/aromatic N) is 7. The second-order valence-corrected chi connectivity index (χ2v) is 15.5. The van der Waals surface area contributed by atoms with Gasteiger partial charge >= 0.3 is 0 Å². The zero-order valence-electron chi connectivity index (χ0n) is 32.0. The summed E-state index contributed by atoms with van der Waals surface area (Å²) in [5.74, 6) is 0. The van der Waals surface area contributed by atoms with Crippen molar-refractivity contribution in [2.24, 2.45) is 0 Å². The van der Waals surface area contributed by atoms with Crippen LogP contribution in [0, 0.1) is 6.92 Å². The first-order valence-corrected chi connectivity index (χ1v) is 20.0. The minimum absolute atomic E-state index is 0.0832. The average Bonchev–Trinajstić information content (AvgIpc) is 3.94. The molecule has 59 heavy (non-hydrogen) atoms. The summed E-state index contributed by atoms with van der Waals surface area (Å²) < 4.78 is 7.30. The Morgan fingerprint density at radius 2 is 1.29 bits per heavy atom. The quantitative estimate of drug-likeness (QED) is 0.130. The van der Waals surface area contributed by atoms with Crippen molar-refractivity contribution in [1.82, 2.24) is 33.6 Å². The maximum Gasteiger partial charge on any atom is 0.252 e. The number of aromatic nitrogens is 7. The van der Waals surface area contributed by atoms with Gasteiger partial charge in [-0.3, -0.25) is 24.1 Å². The fourth-order valence-electron chi connectivity index (χ4n) is 10.3. The Balaban J connectivity index is 1.28. The van der Waals surface area contributed by atoms with Gasteiger partial charge in [-0.15, -0.1) is 0 Å². The molecule has 0 saturated heterocycles. The fourth-order valence-corrected chi connectivity index (χ4v) is 10.3. The summed E-state index contributed by atoms with van der Waals surface area (Å²) in [5.41, 5.74) is 20.8. The van der Waals surface area contributed by atoms with E-state index in [4.69, 9.17) is 19.9 Å². The molecule has 2 aliphatic rings. The second-order valence-electron chi connectivity index (χ2n) is 15.5. The molecule has 0 aliphatic carbocycles. The molecule has 0 atom stereocenters. The highest BCUT2D eigenvalue weighted by atomic mass is 15.2. The summed E-state index contributed by atoms with van der Waals surface area (Å²) in [7, 11) is 0. The van der Waals surface area contributed by atoms with E-state index in [-0.39, 0.29) is 6.71 Å². The van der Waals surface area contributed by atoms with E-state index in [2.05, 4.69) is 142 Å². The molecule has 0 unspecified atom stereocenters. The van der Waals surface area contributed by atoms with Gasteiger partial charge in [-0.25, -0.2) is 4.98 Å². The molecule has 4 aromatic carbocycles. The van der Waals surface area contributed by atoms with Crippen molar-refractivity contribution in [2.75, 3.05) is 0 Å². The first kappa shape index (κ1) is 32.3. The summed E-state index contributed by atoms with van der Waals surface area (Å²) in [4.78, 5) is 20.4. The largest absolute Gasteiger partial charge is 0.308 e. The number of aryl methyl sites for hydroxylation is 1. The molecule has 0 amide bonds. The molecule has 0 fully saturated rings. The third kappa shape index (κ3) is 4.16. The molecular formula is C51H32BN7. The maximum atomic E-state index is 5.26. The molecule has 2 aliphatic heterocycles. The van der Waals surface area contributed by atoms with E-state index in [0.29, 0.717) is 0 Å². The van der Waals surface area contributed by atoms with E-state index >= 15 is 0 Å². The van der Waals surface area contributed by atoms with Crippen molar-refractivity contribution < 1.29 is 0 Å². The Bertz CT molecular complexity index is 3630. The van der Waals surface area contributed by atoms with Crippen LogP contribution in [-0.2, 0) is 0 Å². The van der Waals surface area contributed by atoms with Gasteiger partial charge in [0.05, 0.1) is 38.7 Å². The number of benzene rings is 4. The number of allylic oxidation sites excluding steroid dienone is 2. The smallest absolute Gasteiger partial charge is 0.252 e. The molecule has 0 spiro atoms. The highest BCUT2D eigenvalue weighted by Gasteiger charge is 2.43. The van der Waals surface area contributed by atoms with Crippen LogP contribution in [0.5, 0.6) is 0 Å². The van der Waals surface area contributed by atoms with Crippen LogP contribution >= 0.6 is 0 Å². The predicted octanol–water partition coefficient (Wildman–Crippen LogP) is 9.39. The van der Waals surface area contributed by atoms with Crippen LogP contribution in [0.25, 0.3) is 101 Å². The van der Waals surface area contributed by atoms with E-state index in [1.165, 1.54) is 22.0 Å². The molecule has 8 heteroatoms. The van der Waals surface area contributed by atoms with Crippen molar-refractivity contribution in [3.63, 3.8) is 0 Å². The van der Waals surface area contributed by atoms with Gasteiger partial charge in [-0.1, -0.05) is 79.4 Å². The normalized spacial score (nSPS) is 12.8. The standard InChI is InChI=1S/C51H32BN7/c1-3-4-18-34-30(2)27-36(31-14-7-5-8-15-31)47-42(34)45-48-37(21-25-54-45)52-38-22-26-55-46-43-35-19-13-24-56-50(35)57(33-16-9-6-10-17-33)51(43)59(49(38)46)41-29-32(39-20-11-12-23-53-39)28-40(44(41)52)58(47)48/h3-29H,1H2,2H3/b18-4-. The van der Waals surface area contributed by atoms with Crippen LogP contribution in [0.2, 0.25) is 0 Å². The molecule has 11 aromatic rings. The fraction of sp³-hybridized carbons (Fsp3) is 0.0196. The average molecular weight is 754 g/mol. The third-order valence-corrected chi connectivity index (χ3v) is 12.5. The molecule has 0 N–H and O–H groups in total. The lowest BCUT2D eigenvalue weighted by Crippen LogP contribution is -2.59. The molecule has 0 radical (unpaired) electrons. The minimum atomic E-state index is -0.0832. The zero-order valence-corrected chi connectivity index (χ0v) is 32.0. The first-order chi connectivity index (χ1) is 29.2. The molecular weight excluding hydrogens is 721 g/mol. The highest BCUT2D eigenvalue weighted by molar-refractivity contribution is 7.00. The van der Waals surface area contributed by atoms with Crippen LogP contribution in [0.3, 0.4) is 0 Å². The highest BCUT2D eigenvalue weighted by Crippen LogP contribution is 2.45. The first-order valence-electron chi connectivity index (χ1n) is 20.0. The lowest BCUT2D eigenvalue weighted by atomic mass is 9.34. The van der Waals surface area contributed by atoms with Crippen LogP contribution < -0.4 is 16.4 Å². The topological polar surface area (TPSA) is 66.3 Å². The van der Waals surface area contributed by atoms with Crippen LogP contribution in [0.4, 0.5) is 0 Å². The minimum Gasteiger partial charge on any atom is -0.308 e. The number of rotatable bonds is 5. The third-order valence-electron chi connectivity index (χ3n) is 12.5. The van der Waals surface area contributed by atoms with Gasteiger partial charge in [0.15, 0.2) is 0 Å². The second kappa shape index (κ2) is 11.8. The number of hydrogen-bond donors (Lipinski definition) is 0. The predicted molar refractivity (Wildman–Crippen MR) is 243 cm³/mol. The Labute approximate surface area is 339 Å². The lowest BCUT2D eigenvalue weighted by molar-refractivity contribution is 1.05. The summed E-state index contributed by atoms with van der Waals surface area (Å²) in [6.45, 7) is 6.15. The number of fused-ring (bicyclic) bond motifs is 12. The van der Waals surface area contributed by atoms with Crippen molar-refractivity contribution >= 4 is 84.2 Å². The van der Waals surface area contributed by atoms with Crippen molar-refractivity contribution in [2.45, 2.75) is 6.92 Å².